The minimum atomic E-state index is -0.735. The quantitative estimate of drug-likeness (QED) is 0.598. The first-order chi connectivity index (χ1) is 13.5. The van der Waals surface area contributed by atoms with Crippen molar-refractivity contribution in [2.24, 2.45) is 5.92 Å². The van der Waals surface area contributed by atoms with Crippen LogP contribution in [0.25, 0.3) is 10.6 Å². The molecule has 0 spiro atoms. The van der Waals surface area contributed by atoms with Crippen molar-refractivity contribution in [3.8, 4) is 10.6 Å². The van der Waals surface area contributed by atoms with Crippen LogP contribution in [0.15, 0.2) is 47.1 Å². The summed E-state index contributed by atoms with van der Waals surface area (Å²) in [5.74, 6) is -0.732. The molecule has 0 saturated heterocycles. The molecule has 2 heterocycles. The summed E-state index contributed by atoms with van der Waals surface area (Å²) in [6.45, 7) is 3.84. The van der Waals surface area contributed by atoms with Gasteiger partial charge >= 0.3 is 0 Å². The molecule has 2 N–H and O–H groups in total. The Hall–Kier alpha value is -2.71. The van der Waals surface area contributed by atoms with Gasteiger partial charge in [0.2, 0.25) is 11.0 Å². The lowest BCUT2D eigenvalue weighted by atomic mass is 9.98. The van der Waals surface area contributed by atoms with Crippen molar-refractivity contribution in [3.63, 3.8) is 0 Å². The van der Waals surface area contributed by atoms with Crippen LogP contribution in [0.5, 0.6) is 0 Å². The average molecular weight is 419 g/mol. The van der Waals surface area contributed by atoms with Crippen molar-refractivity contribution in [2.75, 3.05) is 5.32 Å². The van der Waals surface area contributed by atoms with Crippen molar-refractivity contribution in [1.29, 1.82) is 0 Å². The highest BCUT2D eigenvalue weighted by atomic mass is 35.5. The van der Waals surface area contributed by atoms with E-state index < -0.39 is 11.9 Å². The molecule has 28 heavy (non-hydrogen) atoms. The fourth-order valence-electron chi connectivity index (χ4n) is 2.52. The van der Waals surface area contributed by atoms with Crippen LogP contribution in [0.3, 0.4) is 0 Å². The largest absolute Gasteiger partial charge is 0.459 e. The molecule has 2 amide bonds. The Kier molecular flexibility index (Phi) is 6.43. The van der Waals surface area contributed by atoms with Gasteiger partial charge in [-0.1, -0.05) is 55.3 Å². The number of furan rings is 1. The van der Waals surface area contributed by atoms with Gasteiger partial charge in [0.25, 0.3) is 5.91 Å². The van der Waals surface area contributed by atoms with Gasteiger partial charge in [-0.15, -0.1) is 10.2 Å². The van der Waals surface area contributed by atoms with Crippen molar-refractivity contribution in [3.05, 3.63) is 53.4 Å². The van der Waals surface area contributed by atoms with Crippen LogP contribution in [0, 0.1) is 5.92 Å². The standard InChI is InChI=1S/C19H19ClN4O3S/c1-3-11(2)15(21-16(25)14-8-5-9-27-14)17(26)22-19-24-23-18(28-19)12-6-4-7-13(20)10-12/h4-11,15H,3H2,1-2H3,(H,21,25)(H,22,24,26)/t11-,15-/m1/s1. The number of carbonyl (C=O) groups excluding carboxylic acids is 2. The van der Waals surface area contributed by atoms with Gasteiger partial charge < -0.3 is 9.73 Å². The number of nitrogens with one attached hydrogen (secondary N) is 2. The van der Waals surface area contributed by atoms with Gasteiger partial charge in [-0.05, 0) is 30.2 Å². The number of nitrogens with zero attached hydrogens (tertiary/aromatic N) is 2. The number of hydrogen-bond donors (Lipinski definition) is 2. The predicted octanol–water partition coefficient (Wildman–Crippen LogP) is 4.23. The lowest BCUT2D eigenvalue weighted by Gasteiger charge is -2.22. The maximum absolute atomic E-state index is 12.8. The maximum atomic E-state index is 12.8. The molecule has 9 heteroatoms. The van der Waals surface area contributed by atoms with E-state index in [4.69, 9.17) is 16.0 Å². The number of amides is 2. The Labute approximate surface area is 171 Å². The lowest BCUT2D eigenvalue weighted by Crippen LogP contribution is -2.47. The van der Waals surface area contributed by atoms with Gasteiger partial charge in [-0.25, -0.2) is 0 Å². The summed E-state index contributed by atoms with van der Waals surface area (Å²) in [5.41, 5.74) is 0.815. The van der Waals surface area contributed by atoms with E-state index in [1.807, 2.05) is 26.0 Å². The van der Waals surface area contributed by atoms with E-state index in [1.54, 1.807) is 24.3 Å². The van der Waals surface area contributed by atoms with E-state index in [1.165, 1.54) is 17.6 Å². The molecular formula is C19H19ClN4O3S. The Morgan fingerprint density at radius 3 is 2.75 bits per heavy atom. The Morgan fingerprint density at radius 1 is 1.25 bits per heavy atom. The fourth-order valence-corrected chi connectivity index (χ4v) is 3.45. The number of rotatable bonds is 7. The van der Waals surface area contributed by atoms with Crippen LogP contribution in [0.4, 0.5) is 5.13 Å². The van der Waals surface area contributed by atoms with Crippen LogP contribution in [-0.2, 0) is 4.79 Å². The maximum Gasteiger partial charge on any atom is 0.287 e. The third-order valence-electron chi connectivity index (χ3n) is 4.25. The second kappa shape index (κ2) is 8.99. The number of hydrogen-bond acceptors (Lipinski definition) is 6. The normalized spacial score (nSPS) is 13.0. The van der Waals surface area contributed by atoms with E-state index in [0.29, 0.717) is 21.6 Å². The van der Waals surface area contributed by atoms with Gasteiger partial charge in [-0.3, -0.25) is 14.9 Å². The number of benzene rings is 1. The van der Waals surface area contributed by atoms with Crippen molar-refractivity contribution in [1.82, 2.24) is 15.5 Å². The molecule has 3 aromatic rings. The third-order valence-corrected chi connectivity index (χ3v) is 5.38. The smallest absolute Gasteiger partial charge is 0.287 e. The highest BCUT2D eigenvalue weighted by molar-refractivity contribution is 7.18. The minimum Gasteiger partial charge on any atom is -0.459 e. The Bertz CT molecular complexity index is 958. The summed E-state index contributed by atoms with van der Waals surface area (Å²) in [5, 5.41) is 15.2. The molecule has 1 aromatic carbocycles. The van der Waals surface area contributed by atoms with Gasteiger partial charge in [0.05, 0.1) is 6.26 Å². The minimum absolute atomic E-state index is 0.0840. The van der Waals surface area contributed by atoms with Crippen LogP contribution < -0.4 is 10.6 Å². The number of carbonyl (C=O) groups is 2. The molecule has 2 aromatic heterocycles. The SMILES string of the molecule is CC[C@@H](C)[C@@H](NC(=O)c1ccco1)C(=O)Nc1nnc(-c2cccc(Cl)c2)s1. The molecule has 0 unspecified atom stereocenters. The topological polar surface area (TPSA) is 97.1 Å². The second-order valence-corrected chi connectivity index (χ2v) is 7.64. The van der Waals surface area contributed by atoms with Crippen LogP contribution in [0.1, 0.15) is 30.8 Å². The molecule has 7 nitrogen and oxygen atoms in total. The van der Waals surface area contributed by atoms with Crippen LogP contribution >= 0.6 is 22.9 Å². The highest BCUT2D eigenvalue weighted by Gasteiger charge is 2.28. The molecule has 0 bridgehead atoms. The summed E-state index contributed by atoms with van der Waals surface area (Å²) in [6.07, 6.45) is 2.12. The zero-order chi connectivity index (χ0) is 20.1. The lowest BCUT2D eigenvalue weighted by molar-refractivity contribution is -0.119. The Morgan fingerprint density at radius 2 is 2.07 bits per heavy atom. The van der Waals surface area contributed by atoms with Crippen molar-refractivity contribution in [2.45, 2.75) is 26.3 Å². The molecule has 0 aliphatic heterocycles. The molecule has 0 aliphatic rings. The summed E-state index contributed by atoms with van der Waals surface area (Å²) in [6, 6.07) is 9.66. The van der Waals surface area contributed by atoms with Crippen molar-refractivity contribution >= 4 is 39.9 Å². The predicted molar refractivity (Wildman–Crippen MR) is 108 cm³/mol. The van der Waals surface area contributed by atoms with Gasteiger partial charge in [0.15, 0.2) is 5.76 Å². The van der Waals surface area contributed by atoms with E-state index in [9.17, 15) is 9.59 Å². The number of halogens is 1. The summed E-state index contributed by atoms with van der Waals surface area (Å²) in [7, 11) is 0. The summed E-state index contributed by atoms with van der Waals surface area (Å²) in [4.78, 5) is 25.1. The fraction of sp³-hybridized carbons (Fsp3) is 0.263. The van der Waals surface area contributed by atoms with E-state index in [2.05, 4.69) is 20.8 Å². The second-order valence-electron chi connectivity index (χ2n) is 6.23. The van der Waals surface area contributed by atoms with Gasteiger partial charge in [0.1, 0.15) is 11.0 Å². The van der Waals surface area contributed by atoms with Gasteiger partial charge in [0, 0.05) is 10.6 Å². The molecular weight excluding hydrogens is 400 g/mol. The Balaban J connectivity index is 1.72. The monoisotopic (exact) mass is 418 g/mol. The third kappa shape index (κ3) is 4.76. The van der Waals surface area contributed by atoms with E-state index >= 15 is 0 Å². The molecule has 0 saturated carbocycles. The first-order valence-electron chi connectivity index (χ1n) is 8.72. The molecule has 2 atom stereocenters. The zero-order valence-corrected chi connectivity index (χ0v) is 16.9. The van der Waals surface area contributed by atoms with Crippen LogP contribution in [0.2, 0.25) is 5.02 Å². The van der Waals surface area contributed by atoms with Gasteiger partial charge in [-0.2, -0.15) is 0 Å². The molecule has 0 fully saturated rings. The molecule has 146 valence electrons. The number of anilines is 1. The molecule has 0 aliphatic carbocycles. The average Bonchev–Trinajstić information content (AvgIpc) is 3.37. The summed E-state index contributed by atoms with van der Waals surface area (Å²) < 4.78 is 5.09. The molecule has 0 radical (unpaired) electrons. The zero-order valence-electron chi connectivity index (χ0n) is 15.3. The summed E-state index contributed by atoms with van der Waals surface area (Å²) >= 11 is 7.24. The number of aromatic nitrogens is 2. The molecule has 3 rings (SSSR count). The van der Waals surface area contributed by atoms with E-state index in [-0.39, 0.29) is 17.6 Å². The first-order valence-corrected chi connectivity index (χ1v) is 9.92. The first kappa shape index (κ1) is 20.0. The highest BCUT2D eigenvalue weighted by Crippen LogP contribution is 2.28. The van der Waals surface area contributed by atoms with Crippen molar-refractivity contribution < 1.29 is 14.0 Å². The van der Waals surface area contributed by atoms with Crippen LogP contribution in [-0.4, -0.2) is 28.1 Å². The van der Waals surface area contributed by atoms with E-state index in [0.717, 1.165) is 5.56 Å².